The van der Waals surface area contributed by atoms with Crippen LogP contribution in [-0.2, 0) is 23.8 Å². The molecule has 1 N–H and O–H groups in total. The van der Waals surface area contributed by atoms with Crippen molar-refractivity contribution in [1.82, 2.24) is 0 Å². The van der Waals surface area contributed by atoms with Gasteiger partial charge < -0.3 is 19.3 Å². The Morgan fingerprint density at radius 3 is 2.52 bits per heavy atom. The van der Waals surface area contributed by atoms with Crippen molar-refractivity contribution < 1.29 is 28.9 Å². The number of hydrogen-bond acceptors (Lipinski definition) is 6. The van der Waals surface area contributed by atoms with Crippen LogP contribution in [0.5, 0.6) is 0 Å². The molecular formula is C25H36O6. The van der Waals surface area contributed by atoms with Gasteiger partial charge in [-0.15, -0.1) is 0 Å². The third-order valence-corrected chi connectivity index (χ3v) is 9.94. The molecule has 6 atom stereocenters. The van der Waals surface area contributed by atoms with E-state index in [0.717, 1.165) is 44.9 Å². The Hall–Kier alpha value is -1.24. The zero-order valence-corrected chi connectivity index (χ0v) is 19.1. The van der Waals surface area contributed by atoms with Gasteiger partial charge in [0.1, 0.15) is 5.60 Å². The fourth-order valence-corrected chi connectivity index (χ4v) is 8.11. The van der Waals surface area contributed by atoms with Crippen LogP contribution in [0.25, 0.3) is 0 Å². The highest BCUT2D eigenvalue weighted by Gasteiger charge is 2.66. The zero-order chi connectivity index (χ0) is 22.1. The van der Waals surface area contributed by atoms with Crippen molar-refractivity contribution in [3.05, 3.63) is 11.6 Å². The number of fused-ring (bicyclic) bond motifs is 5. The van der Waals surface area contributed by atoms with Gasteiger partial charge in [-0.2, -0.15) is 0 Å². The lowest BCUT2D eigenvalue weighted by molar-refractivity contribution is -0.189. The number of ketones is 1. The van der Waals surface area contributed by atoms with Crippen LogP contribution in [0.1, 0.15) is 72.1 Å². The van der Waals surface area contributed by atoms with Crippen LogP contribution in [0.15, 0.2) is 11.6 Å². The first-order valence-electron chi connectivity index (χ1n) is 12.0. The number of aliphatic hydroxyl groups is 1. The second-order valence-corrected chi connectivity index (χ2v) is 11.1. The third-order valence-electron chi connectivity index (χ3n) is 9.94. The van der Waals surface area contributed by atoms with Crippen molar-refractivity contribution in [3.8, 4) is 0 Å². The second-order valence-electron chi connectivity index (χ2n) is 11.1. The molecule has 0 bridgehead atoms. The van der Waals surface area contributed by atoms with Crippen LogP contribution in [0, 0.1) is 28.6 Å². The summed E-state index contributed by atoms with van der Waals surface area (Å²) in [5, 5.41) is 11.6. The Bertz CT molecular complexity index is 813. The van der Waals surface area contributed by atoms with Gasteiger partial charge >= 0.3 is 5.97 Å². The SMILES string of the molecule is CC(=O)OCC(=O)[C@]1(O)CC[C@@H]2[C@H]3CC=C4CC5(CC[C@@]4(C)[C@@H]3CC[C@]21C)OCCO5. The average molecular weight is 433 g/mol. The van der Waals surface area contributed by atoms with E-state index in [-0.39, 0.29) is 17.8 Å². The standard InChI is InChI=1S/C25H36O6/c1-16(26)29-15-21(27)25(28)9-7-20-18-5-4-17-14-24(30-12-13-31-24)11-10-22(17,2)19(18)6-8-23(20,25)3/h4,18-20,28H,5-15H2,1-3H3/t18-,19+,20+,22+,23+,25+/m0/s1. The van der Waals surface area contributed by atoms with Crippen LogP contribution in [0.2, 0.25) is 0 Å². The summed E-state index contributed by atoms with van der Waals surface area (Å²) in [4.78, 5) is 24.2. The summed E-state index contributed by atoms with van der Waals surface area (Å²) in [6.45, 7) is 6.88. The predicted octanol–water partition coefficient (Wildman–Crippen LogP) is 3.56. The van der Waals surface area contributed by atoms with Crippen molar-refractivity contribution in [2.75, 3.05) is 19.8 Å². The second kappa shape index (κ2) is 7.13. The number of carbonyl (C=O) groups is 2. The van der Waals surface area contributed by atoms with Gasteiger partial charge in [0, 0.05) is 25.2 Å². The predicted molar refractivity (Wildman–Crippen MR) is 113 cm³/mol. The minimum atomic E-state index is -1.40. The third kappa shape index (κ3) is 3.01. The Kier molecular flexibility index (Phi) is 4.97. The summed E-state index contributed by atoms with van der Waals surface area (Å²) in [7, 11) is 0. The van der Waals surface area contributed by atoms with E-state index in [9.17, 15) is 14.7 Å². The molecule has 31 heavy (non-hydrogen) atoms. The first kappa shape index (κ1) is 21.6. The van der Waals surface area contributed by atoms with Crippen LogP contribution >= 0.6 is 0 Å². The number of hydrogen-bond donors (Lipinski definition) is 1. The molecule has 1 spiro atoms. The molecule has 1 aliphatic heterocycles. The lowest BCUT2D eigenvalue weighted by atomic mass is 9.46. The summed E-state index contributed by atoms with van der Waals surface area (Å²) in [5.41, 5.74) is -0.219. The molecular weight excluding hydrogens is 396 g/mol. The van der Waals surface area contributed by atoms with Crippen LogP contribution in [0.3, 0.4) is 0 Å². The van der Waals surface area contributed by atoms with E-state index in [4.69, 9.17) is 14.2 Å². The molecule has 4 fully saturated rings. The van der Waals surface area contributed by atoms with Crippen LogP contribution < -0.4 is 0 Å². The van der Waals surface area contributed by atoms with Gasteiger partial charge in [0.25, 0.3) is 0 Å². The summed E-state index contributed by atoms with van der Waals surface area (Å²) in [6, 6.07) is 0. The van der Waals surface area contributed by atoms with Gasteiger partial charge in [0.15, 0.2) is 12.4 Å². The fourth-order valence-electron chi connectivity index (χ4n) is 8.11. The summed E-state index contributed by atoms with van der Waals surface area (Å²) in [6.07, 6.45) is 9.49. The van der Waals surface area contributed by atoms with Crippen molar-refractivity contribution in [3.63, 3.8) is 0 Å². The maximum atomic E-state index is 13.0. The Labute approximate surface area is 184 Å². The maximum absolute atomic E-state index is 13.0. The molecule has 172 valence electrons. The summed E-state index contributed by atoms with van der Waals surface area (Å²) >= 11 is 0. The Morgan fingerprint density at radius 2 is 1.81 bits per heavy atom. The normalized spacial score (nSPS) is 45.4. The van der Waals surface area contributed by atoms with Gasteiger partial charge in [0.2, 0.25) is 5.78 Å². The van der Waals surface area contributed by atoms with Crippen molar-refractivity contribution in [2.24, 2.45) is 28.6 Å². The quantitative estimate of drug-likeness (QED) is 0.542. The summed E-state index contributed by atoms with van der Waals surface area (Å²) < 4.78 is 17.0. The molecule has 0 aromatic carbocycles. The number of Topliss-reactive ketones (excluding diaryl/α,β-unsaturated/α-hetero) is 1. The van der Waals surface area contributed by atoms with Gasteiger partial charge in [0.05, 0.1) is 13.2 Å². The van der Waals surface area contributed by atoms with E-state index in [1.807, 2.05) is 0 Å². The monoisotopic (exact) mass is 432 g/mol. The number of allylic oxidation sites excluding steroid dienone is 1. The highest BCUT2D eigenvalue weighted by molar-refractivity contribution is 5.90. The minimum Gasteiger partial charge on any atom is -0.458 e. The van der Waals surface area contributed by atoms with Crippen molar-refractivity contribution in [2.45, 2.75) is 83.5 Å². The van der Waals surface area contributed by atoms with Crippen LogP contribution in [0.4, 0.5) is 0 Å². The molecule has 0 aromatic rings. The van der Waals surface area contributed by atoms with Crippen LogP contribution in [-0.4, -0.2) is 48.1 Å². The molecule has 1 heterocycles. The molecule has 4 aliphatic carbocycles. The lowest BCUT2D eigenvalue weighted by Gasteiger charge is -2.59. The molecule has 6 nitrogen and oxygen atoms in total. The van der Waals surface area contributed by atoms with E-state index in [1.165, 1.54) is 12.5 Å². The highest BCUT2D eigenvalue weighted by Crippen LogP contribution is 2.68. The Balaban J connectivity index is 1.39. The van der Waals surface area contributed by atoms with E-state index < -0.39 is 22.8 Å². The lowest BCUT2D eigenvalue weighted by Crippen LogP contribution is -2.58. The molecule has 0 amide bonds. The number of carbonyl (C=O) groups excluding carboxylic acids is 2. The van der Waals surface area contributed by atoms with Crippen molar-refractivity contribution >= 4 is 11.8 Å². The van der Waals surface area contributed by atoms with Gasteiger partial charge in [-0.05, 0) is 61.7 Å². The zero-order valence-electron chi connectivity index (χ0n) is 19.1. The Morgan fingerprint density at radius 1 is 1.10 bits per heavy atom. The van der Waals surface area contributed by atoms with Gasteiger partial charge in [-0.3, -0.25) is 9.59 Å². The minimum absolute atomic E-state index is 0.146. The number of esters is 1. The molecule has 3 saturated carbocycles. The summed E-state index contributed by atoms with van der Waals surface area (Å²) in [5.74, 6) is 0.126. The molecule has 0 unspecified atom stereocenters. The molecule has 5 aliphatic rings. The first-order valence-corrected chi connectivity index (χ1v) is 12.0. The van der Waals surface area contributed by atoms with Crippen molar-refractivity contribution in [1.29, 1.82) is 0 Å². The maximum Gasteiger partial charge on any atom is 0.303 e. The largest absolute Gasteiger partial charge is 0.458 e. The molecule has 5 rings (SSSR count). The van der Waals surface area contributed by atoms with Gasteiger partial charge in [-0.1, -0.05) is 25.5 Å². The fraction of sp³-hybridized carbons (Fsp3) is 0.840. The van der Waals surface area contributed by atoms with E-state index in [0.29, 0.717) is 37.4 Å². The smallest absolute Gasteiger partial charge is 0.303 e. The average Bonchev–Trinajstić information content (AvgIpc) is 3.30. The number of rotatable bonds is 3. The number of ether oxygens (including phenoxy) is 3. The molecule has 1 saturated heterocycles. The molecule has 6 heteroatoms. The van der Waals surface area contributed by atoms with Gasteiger partial charge in [-0.25, -0.2) is 0 Å². The molecule has 0 radical (unpaired) electrons. The first-order chi connectivity index (χ1) is 14.6. The van der Waals surface area contributed by atoms with E-state index >= 15 is 0 Å². The highest BCUT2D eigenvalue weighted by atomic mass is 16.7. The van der Waals surface area contributed by atoms with E-state index in [1.54, 1.807) is 0 Å². The topological polar surface area (TPSA) is 82.1 Å². The molecule has 0 aromatic heterocycles. The van der Waals surface area contributed by atoms with E-state index in [2.05, 4.69) is 19.9 Å².